The largest absolute Gasteiger partial charge is 0.421 e. The first-order valence-electron chi connectivity index (χ1n) is 6.76. The maximum atomic E-state index is 12.0. The molecule has 0 amide bonds. The molecule has 0 unspecified atom stereocenters. The minimum Gasteiger partial charge on any atom is -0.421 e. The van der Waals surface area contributed by atoms with Gasteiger partial charge in [-0.1, -0.05) is 38.3 Å². The number of esters is 2. The Balaban J connectivity index is 2.72. The van der Waals surface area contributed by atoms with Crippen molar-refractivity contribution >= 4 is 11.9 Å². The summed E-state index contributed by atoms with van der Waals surface area (Å²) < 4.78 is 10.7. The van der Waals surface area contributed by atoms with E-state index in [0.717, 1.165) is 19.3 Å². The van der Waals surface area contributed by atoms with Crippen LogP contribution in [-0.2, 0) is 19.1 Å². The van der Waals surface area contributed by atoms with Crippen molar-refractivity contribution in [3.63, 3.8) is 0 Å². The lowest BCUT2D eigenvalue weighted by atomic mass is 9.98. The van der Waals surface area contributed by atoms with Gasteiger partial charge < -0.3 is 9.47 Å². The third-order valence-electron chi connectivity index (χ3n) is 3.15. The number of hydrogen-bond donors (Lipinski definition) is 0. The van der Waals surface area contributed by atoms with Crippen LogP contribution in [0.2, 0.25) is 0 Å². The third-order valence-corrected chi connectivity index (χ3v) is 3.15. The molecular weight excluding hydrogens is 244 g/mol. The number of ether oxygens (including phenoxy) is 2. The monoisotopic (exact) mass is 266 g/mol. The Morgan fingerprint density at radius 1 is 1.11 bits per heavy atom. The van der Waals surface area contributed by atoms with Crippen LogP contribution >= 0.6 is 0 Å². The second kappa shape index (κ2) is 7.12. The highest BCUT2D eigenvalue weighted by Gasteiger charge is 2.47. The molecule has 0 saturated carbocycles. The van der Waals surface area contributed by atoms with Gasteiger partial charge in [0.05, 0.1) is 0 Å². The second-order valence-electron chi connectivity index (χ2n) is 4.79. The van der Waals surface area contributed by atoms with Gasteiger partial charge in [0, 0.05) is 12.8 Å². The number of rotatable bonds is 8. The van der Waals surface area contributed by atoms with Crippen molar-refractivity contribution in [1.29, 1.82) is 0 Å². The minimum atomic E-state index is -1.24. The molecule has 106 valence electrons. The molecule has 1 rings (SSSR count). The van der Waals surface area contributed by atoms with E-state index in [1.54, 1.807) is 12.2 Å². The van der Waals surface area contributed by atoms with Gasteiger partial charge in [0.15, 0.2) is 5.92 Å². The lowest BCUT2D eigenvalue weighted by molar-refractivity contribution is -0.250. The standard InChI is InChI=1S/C15H22O4/c1-4-7-8-9-12-13(16)18-15(10-5-2,11-6-3)19-14(12)17/h5-6,12H,2-4,7-11H2,1H3. The van der Waals surface area contributed by atoms with Crippen molar-refractivity contribution in [2.75, 3.05) is 0 Å². The van der Waals surface area contributed by atoms with Crippen LogP contribution in [-0.4, -0.2) is 17.7 Å². The van der Waals surface area contributed by atoms with Crippen LogP contribution in [0.25, 0.3) is 0 Å². The fourth-order valence-electron chi connectivity index (χ4n) is 2.15. The molecule has 0 aromatic heterocycles. The Kier molecular flexibility index (Phi) is 5.80. The number of hydrogen-bond acceptors (Lipinski definition) is 4. The fraction of sp³-hybridized carbons (Fsp3) is 0.600. The summed E-state index contributed by atoms with van der Waals surface area (Å²) in [6.07, 6.45) is 7.03. The quantitative estimate of drug-likeness (QED) is 0.293. The molecule has 19 heavy (non-hydrogen) atoms. The van der Waals surface area contributed by atoms with E-state index in [4.69, 9.17) is 9.47 Å². The molecule has 0 atom stereocenters. The SMILES string of the molecule is C=CCC1(CC=C)OC(=O)C(CCCCC)C(=O)O1. The van der Waals surface area contributed by atoms with Crippen molar-refractivity contribution in [3.8, 4) is 0 Å². The van der Waals surface area contributed by atoms with Crippen LogP contribution in [0.15, 0.2) is 25.3 Å². The maximum absolute atomic E-state index is 12.0. The van der Waals surface area contributed by atoms with E-state index in [1.165, 1.54) is 0 Å². The smallest absolute Gasteiger partial charge is 0.323 e. The van der Waals surface area contributed by atoms with Gasteiger partial charge in [-0.3, -0.25) is 9.59 Å². The molecule has 1 fully saturated rings. The number of unbranched alkanes of at least 4 members (excludes halogenated alkanes) is 2. The van der Waals surface area contributed by atoms with E-state index in [0.29, 0.717) is 6.42 Å². The molecule has 0 aromatic rings. The topological polar surface area (TPSA) is 52.6 Å². The van der Waals surface area contributed by atoms with E-state index in [-0.39, 0.29) is 12.8 Å². The molecule has 0 aliphatic carbocycles. The highest BCUT2D eigenvalue weighted by Crippen LogP contribution is 2.32. The summed E-state index contributed by atoms with van der Waals surface area (Å²) in [5.74, 6) is -3.00. The van der Waals surface area contributed by atoms with E-state index in [9.17, 15) is 9.59 Å². The van der Waals surface area contributed by atoms with Gasteiger partial charge in [0.1, 0.15) is 0 Å². The molecule has 0 bridgehead atoms. The normalized spacial score (nSPS) is 18.6. The average molecular weight is 266 g/mol. The van der Waals surface area contributed by atoms with Crippen molar-refractivity contribution < 1.29 is 19.1 Å². The molecule has 4 nitrogen and oxygen atoms in total. The van der Waals surface area contributed by atoms with Gasteiger partial charge in [0.2, 0.25) is 0 Å². The molecule has 1 saturated heterocycles. The van der Waals surface area contributed by atoms with Crippen molar-refractivity contribution in [1.82, 2.24) is 0 Å². The van der Waals surface area contributed by atoms with Crippen molar-refractivity contribution in [3.05, 3.63) is 25.3 Å². The Morgan fingerprint density at radius 3 is 2.05 bits per heavy atom. The summed E-state index contributed by atoms with van der Waals surface area (Å²) in [5.41, 5.74) is 0. The lowest BCUT2D eigenvalue weighted by Crippen LogP contribution is -2.49. The highest BCUT2D eigenvalue weighted by atomic mass is 16.7. The van der Waals surface area contributed by atoms with Gasteiger partial charge in [-0.05, 0) is 6.42 Å². The average Bonchev–Trinajstić information content (AvgIpc) is 2.33. The lowest BCUT2D eigenvalue weighted by Gasteiger charge is -2.37. The Labute approximate surface area is 114 Å². The number of carbonyl (C=O) groups excluding carboxylic acids is 2. The molecule has 0 aromatic carbocycles. The van der Waals surface area contributed by atoms with Gasteiger partial charge in [0.25, 0.3) is 5.79 Å². The molecule has 0 radical (unpaired) electrons. The summed E-state index contributed by atoms with van der Waals surface area (Å²) in [6.45, 7) is 9.26. The number of carbonyl (C=O) groups is 2. The van der Waals surface area contributed by atoms with Crippen LogP contribution < -0.4 is 0 Å². The predicted octanol–water partition coefficient (Wildman–Crippen LogP) is 3.13. The first kappa shape index (κ1) is 15.5. The Bertz CT molecular complexity index is 329. The molecule has 0 spiro atoms. The van der Waals surface area contributed by atoms with Crippen LogP contribution in [0, 0.1) is 5.92 Å². The molecule has 1 aliphatic heterocycles. The van der Waals surface area contributed by atoms with Crippen LogP contribution in [0.5, 0.6) is 0 Å². The summed E-state index contributed by atoms with van der Waals surface area (Å²) in [7, 11) is 0. The Morgan fingerprint density at radius 2 is 1.63 bits per heavy atom. The van der Waals surface area contributed by atoms with Gasteiger partial charge in [-0.15, -0.1) is 13.2 Å². The molecule has 0 N–H and O–H groups in total. The molecule has 1 heterocycles. The van der Waals surface area contributed by atoms with Crippen molar-refractivity contribution in [2.24, 2.45) is 5.92 Å². The maximum Gasteiger partial charge on any atom is 0.323 e. The van der Waals surface area contributed by atoms with E-state index in [2.05, 4.69) is 20.1 Å². The summed E-state index contributed by atoms with van der Waals surface area (Å²) in [5, 5.41) is 0. The van der Waals surface area contributed by atoms with Crippen LogP contribution in [0.1, 0.15) is 45.4 Å². The van der Waals surface area contributed by atoms with Gasteiger partial charge >= 0.3 is 11.9 Å². The van der Waals surface area contributed by atoms with E-state index < -0.39 is 23.6 Å². The van der Waals surface area contributed by atoms with Gasteiger partial charge in [-0.25, -0.2) is 0 Å². The zero-order chi connectivity index (χ0) is 14.3. The predicted molar refractivity (Wildman–Crippen MR) is 72.2 cm³/mol. The molecular formula is C15H22O4. The summed E-state index contributed by atoms with van der Waals surface area (Å²) >= 11 is 0. The first-order valence-corrected chi connectivity index (χ1v) is 6.76. The fourth-order valence-corrected chi connectivity index (χ4v) is 2.15. The van der Waals surface area contributed by atoms with Crippen LogP contribution in [0.3, 0.4) is 0 Å². The summed E-state index contributed by atoms with van der Waals surface area (Å²) in [6, 6.07) is 0. The summed E-state index contributed by atoms with van der Waals surface area (Å²) in [4.78, 5) is 23.9. The number of cyclic esters (lactones) is 2. The highest BCUT2D eigenvalue weighted by molar-refractivity contribution is 5.96. The van der Waals surface area contributed by atoms with Gasteiger partial charge in [-0.2, -0.15) is 0 Å². The first-order chi connectivity index (χ1) is 9.08. The van der Waals surface area contributed by atoms with E-state index >= 15 is 0 Å². The minimum absolute atomic E-state index is 0.276. The zero-order valence-electron chi connectivity index (χ0n) is 11.5. The molecule has 4 heteroatoms. The second-order valence-corrected chi connectivity index (χ2v) is 4.79. The third kappa shape index (κ3) is 3.94. The zero-order valence-corrected chi connectivity index (χ0v) is 11.5. The Hall–Kier alpha value is -1.58. The molecule has 1 aliphatic rings. The van der Waals surface area contributed by atoms with Crippen LogP contribution in [0.4, 0.5) is 0 Å². The van der Waals surface area contributed by atoms with E-state index in [1.807, 2.05) is 0 Å². The van der Waals surface area contributed by atoms with Crippen molar-refractivity contribution in [2.45, 2.75) is 51.2 Å².